The van der Waals surface area contributed by atoms with Gasteiger partial charge in [0, 0.05) is 18.7 Å². The number of rotatable bonds is 8. The number of aromatic carboxylic acids is 1. The first-order valence-corrected chi connectivity index (χ1v) is 7.86. The molecule has 8 heteroatoms. The Kier molecular flexibility index (Phi) is 6.05. The quantitative estimate of drug-likeness (QED) is 0.610. The lowest BCUT2D eigenvalue weighted by molar-refractivity contribution is 0.0696. The van der Waals surface area contributed by atoms with Gasteiger partial charge in [-0.25, -0.2) is 22.3 Å². The predicted molar refractivity (Wildman–Crippen MR) is 72.5 cm³/mol. The molecule has 0 aliphatic carbocycles. The molecule has 112 valence electrons. The molecule has 0 saturated carbocycles. The van der Waals surface area contributed by atoms with Crippen molar-refractivity contribution in [3.8, 4) is 0 Å². The molecule has 0 spiro atoms. The van der Waals surface area contributed by atoms with Crippen molar-refractivity contribution >= 4 is 16.0 Å². The van der Waals surface area contributed by atoms with Gasteiger partial charge in [0.1, 0.15) is 5.82 Å². The van der Waals surface area contributed by atoms with E-state index in [1.807, 2.05) is 0 Å². The summed E-state index contributed by atoms with van der Waals surface area (Å²) in [5.74, 6) is -1.58. The minimum absolute atomic E-state index is 0.0296. The third-order valence-electron chi connectivity index (χ3n) is 2.50. The smallest absolute Gasteiger partial charge is 0.335 e. The number of carbonyl (C=O) groups is 1. The molecule has 1 aromatic rings. The molecule has 0 amide bonds. The second-order valence-corrected chi connectivity index (χ2v) is 6.14. The van der Waals surface area contributed by atoms with Gasteiger partial charge in [-0.2, -0.15) is 0 Å². The number of halogens is 1. The summed E-state index contributed by atoms with van der Waals surface area (Å²) < 4.78 is 37.4. The maximum atomic E-state index is 13.4. The van der Waals surface area contributed by atoms with Crippen LogP contribution in [0.1, 0.15) is 22.3 Å². The topological polar surface area (TPSA) is 95.5 Å². The molecule has 0 atom stereocenters. The monoisotopic (exact) mass is 304 g/mol. The van der Waals surface area contributed by atoms with Crippen LogP contribution in [0.15, 0.2) is 18.2 Å². The van der Waals surface area contributed by atoms with E-state index in [2.05, 4.69) is 10.0 Å². The van der Waals surface area contributed by atoms with Crippen LogP contribution in [0.25, 0.3) is 0 Å². The zero-order chi connectivity index (χ0) is 15.2. The summed E-state index contributed by atoms with van der Waals surface area (Å²) in [6.45, 7) is 0.967. The van der Waals surface area contributed by atoms with Crippen molar-refractivity contribution in [2.45, 2.75) is 13.0 Å². The Balaban J connectivity index is 2.38. The molecule has 0 fully saturated rings. The van der Waals surface area contributed by atoms with E-state index >= 15 is 0 Å². The van der Waals surface area contributed by atoms with Crippen LogP contribution in [-0.2, 0) is 16.6 Å². The first-order chi connectivity index (χ1) is 9.29. The molecule has 0 aliphatic heterocycles. The molecule has 1 rings (SSSR count). The summed E-state index contributed by atoms with van der Waals surface area (Å²) in [6, 6.07) is 3.60. The Morgan fingerprint density at radius 1 is 1.35 bits per heavy atom. The molecule has 1 aromatic carbocycles. The van der Waals surface area contributed by atoms with Crippen LogP contribution in [0.5, 0.6) is 0 Å². The van der Waals surface area contributed by atoms with E-state index in [1.54, 1.807) is 0 Å². The highest BCUT2D eigenvalue weighted by Gasteiger charge is 2.08. The van der Waals surface area contributed by atoms with Crippen molar-refractivity contribution in [3.05, 3.63) is 35.1 Å². The van der Waals surface area contributed by atoms with Crippen molar-refractivity contribution < 1.29 is 22.7 Å². The molecule has 6 nitrogen and oxygen atoms in total. The summed E-state index contributed by atoms with van der Waals surface area (Å²) in [5.41, 5.74) is 0.294. The Morgan fingerprint density at radius 3 is 2.65 bits per heavy atom. The zero-order valence-electron chi connectivity index (χ0n) is 11.0. The molecule has 20 heavy (non-hydrogen) atoms. The fourth-order valence-electron chi connectivity index (χ4n) is 1.54. The van der Waals surface area contributed by atoms with Gasteiger partial charge in [-0.3, -0.25) is 0 Å². The van der Waals surface area contributed by atoms with Crippen LogP contribution in [0.4, 0.5) is 4.39 Å². The maximum Gasteiger partial charge on any atom is 0.335 e. The van der Waals surface area contributed by atoms with Crippen molar-refractivity contribution in [1.29, 1.82) is 0 Å². The van der Waals surface area contributed by atoms with Crippen LogP contribution >= 0.6 is 0 Å². The van der Waals surface area contributed by atoms with Crippen molar-refractivity contribution in [3.63, 3.8) is 0 Å². The highest BCUT2D eigenvalue weighted by molar-refractivity contribution is 7.88. The van der Waals surface area contributed by atoms with Crippen LogP contribution in [-0.4, -0.2) is 38.8 Å². The SMILES string of the molecule is CS(=O)(=O)NCCCNCc1cc(C(=O)O)ccc1F. The summed E-state index contributed by atoms with van der Waals surface area (Å²) in [6.07, 6.45) is 1.63. The Hall–Kier alpha value is -1.51. The van der Waals surface area contributed by atoms with E-state index in [0.29, 0.717) is 19.5 Å². The zero-order valence-corrected chi connectivity index (χ0v) is 11.8. The fourth-order valence-corrected chi connectivity index (χ4v) is 2.05. The molecule has 0 heterocycles. The molecule has 0 aliphatic rings. The normalized spacial score (nSPS) is 11.5. The standard InChI is InChI=1S/C12H17FN2O4S/c1-20(18,19)15-6-2-5-14-8-10-7-9(12(16)17)3-4-11(10)13/h3-4,7,14-15H,2,5-6,8H2,1H3,(H,16,17). The summed E-state index contributed by atoms with van der Waals surface area (Å²) in [7, 11) is -3.19. The van der Waals surface area contributed by atoms with Gasteiger partial charge in [0.05, 0.1) is 11.8 Å². The third kappa shape index (κ3) is 6.09. The van der Waals surface area contributed by atoms with Crippen LogP contribution in [0, 0.1) is 5.82 Å². The summed E-state index contributed by atoms with van der Waals surface area (Å²) >= 11 is 0. The van der Waals surface area contributed by atoms with Gasteiger partial charge < -0.3 is 10.4 Å². The van der Waals surface area contributed by atoms with Crippen LogP contribution < -0.4 is 10.0 Å². The van der Waals surface area contributed by atoms with E-state index in [9.17, 15) is 17.6 Å². The van der Waals surface area contributed by atoms with Crippen molar-refractivity contribution in [2.75, 3.05) is 19.3 Å². The summed E-state index contributed by atoms with van der Waals surface area (Å²) in [4.78, 5) is 10.8. The van der Waals surface area contributed by atoms with Crippen LogP contribution in [0.3, 0.4) is 0 Å². The van der Waals surface area contributed by atoms with Gasteiger partial charge in [0.15, 0.2) is 0 Å². The van der Waals surface area contributed by atoms with Gasteiger partial charge in [-0.15, -0.1) is 0 Å². The number of carboxylic acid groups (broad SMARTS) is 1. The van der Waals surface area contributed by atoms with Crippen LogP contribution in [0.2, 0.25) is 0 Å². The lowest BCUT2D eigenvalue weighted by Crippen LogP contribution is -2.26. The Labute approximate surface area is 117 Å². The number of sulfonamides is 1. The Morgan fingerprint density at radius 2 is 2.05 bits per heavy atom. The fraction of sp³-hybridized carbons (Fsp3) is 0.417. The van der Waals surface area contributed by atoms with E-state index < -0.39 is 21.8 Å². The molecular weight excluding hydrogens is 287 g/mol. The summed E-state index contributed by atoms with van der Waals surface area (Å²) in [5, 5.41) is 11.7. The highest BCUT2D eigenvalue weighted by Crippen LogP contribution is 2.10. The predicted octanol–water partition coefficient (Wildman–Crippen LogP) is 0.553. The molecule has 0 saturated heterocycles. The minimum atomic E-state index is -3.19. The number of carboxylic acids is 1. The van der Waals surface area contributed by atoms with Crippen molar-refractivity contribution in [2.24, 2.45) is 0 Å². The molecule has 0 aromatic heterocycles. The number of benzene rings is 1. The molecule has 0 radical (unpaired) electrons. The van der Waals surface area contributed by atoms with E-state index in [0.717, 1.165) is 12.3 Å². The third-order valence-corrected chi connectivity index (χ3v) is 3.23. The molecule has 0 bridgehead atoms. The lowest BCUT2D eigenvalue weighted by atomic mass is 10.1. The number of nitrogens with one attached hydrogen (secondary N) is 2. The van der Waals surface area contributed by atoms with Gasteiger partial charge >= 0.3 is 5.97 Å². The Bertz CT molecular complexity index is 575. The van der Waals surface area contributed by atoms with E-state index in [4.69, 9.17) is 5.11 Å². The first-order valence-electron chi connectivity index (χ1n) is 5.96. The first kappa shape index (κ1) is 16.5. The van der Waals surface area contributed by atoms with Gasteiger partial charge in [-0.05, 0) is 31.2 Å². The van der Waals surface area contributed by atoms with E-state index in [-0.39, 0.29) is 17.7 Å². The second kappa shape index (κ2) is 7.32. The largest absolute Gasteiger partial charge is 0.478 e. The lowest BCUT2D eigenvalue weighted by Gasteiger charge is -2.07. The molecular formula is C12H17FN2O4S. The van der Waals surface area contributed by atoms with Crippen molar-refractivity contribution in [1.82, 2.24) is 10.0 Å². The number of hydrogen-bond donors (Lipinski definition) is 3. The van der Waals surface area contributed by atoms with Gasteiger partial charge in [0.2, 0.25) is 10.0 Å². The van der Waals surface area contributed by atoms with Gasteiger partial charge in [-0.1, -0.05) is 0 Å². The average Bonchev–Trinajstić information content (AvgIpc) is 2.34. The van der Waals surface area contributed by atoms with E-state index in [1.165, 1.54) is 12.1 Å². The minimum Gasteiger partial charge on any atom is -0.478 e. The average molecular weight is 304 g/mol. The highest BCUT2D eigenvalue weighted by atomic mass is 32.2. The van der Waals surface area contributed by atoms with Gasteiger partial charge in [0.25, 0.3) is 0 Å². The molecule has 0 unspecified atom stereocenters. The number of hydrogen-bond acceptors (Lipinski definition) is 4. The molecule has 3 N–H and O–H groups in total. The maximum absolute atomic E-state index is 13.4. The second-order valence-electron chi connectivity index (χ2n) is 4.31.